The van der Waals surface area contributed by atoms with Crippen molar-refractivity contribution >= 4 is 0 Å². The Morgan fingerprint density at radius 2 is 2.09 bits per heavy atom. The van der Waals surface area contributed by atoms with Crippen LogP contribution in [0.1, 0.15) is 34.1 Å². The molecule has 0 radical (unpaired) electrons. The zero-order chi connectivity index (χ0) is 8.48. The summed E-state index contributed by atoms with van der Waals surface area (Å²) in [5, 5.41) is 3.34. The molecule has 66 valence electrons. The van der Waals surface area contributed by atoms with Gasteiger partial charge in [-0.3, -0.25) is 5.32 Å². The third-order valence-corrected chi connectivity index (χ3v) is 1.83. The van der Waals surface area contributed by atoms with Crippen LogP contribution in [0, 0.1) is 5.41 Å². The summed E-state index contributed by atoms with van der Waals surface area (Å²) in [5.74, 6) is 0. The molecule has 2 nitrogen and oxygen atoms in total. The molecule has 1 N–H and O–H groups in total. The first kappa shape index (κ1) is 9.01. The van der Waals surface area contributed by atoms with Gasteiger partial charge in [-0.15, -0.1) is 0 Å². The van der Waals surface area contributed by atoms with Crippen LogP contribution in [0.3, 0.4) is 0 Å². The molecule has 0 bridgehead atoms. The Balaban J connectivity index is 2.29. The van der Waals surface area contributed by atoms with Gasteiger partial charge in [0.1, 0.15) is 6.23 Å². The van der Waals surface area contributed by atoms with Gasteiger partial charge in [0.15, 0.2) is 0 Å². The molecule has 0 aromatic carbocycles. The highest BCUT2D eigenvalue weighted by atomic mass is 16.5. The number of hydrogen-bond acceptors (Lipinski definition) is 2. The summed E-state index contributed by atoms with van der Waals surface area (Å²) >= 11 is 0. The summed E-state index contributed by atoms with van der Waals surface area (Å²) in [7, 11) is 0. The van der Waals surface area contributed by atoms with Gasteiger partial charge in [-0.2, -0.15) is 0 Å². The molecule has 0 spiro atoms. The van der Waals surface area contributed by atoms with Gasteiger partial charge in [0.05, 0.1) is 6.10 Å². The fraction of sp³-hybridized carbons (Fsp3) is 1.00. The van der Waals surface area contributed by atoms with E-state index in [1.165, 1.54) is 0 Å². The Labute approximate surface area is 69.3 Å². The highest BCUT2D eigenvalue weighted by molar-refractivity contribution is 4.74. The van der Waals surface area contributed by atoms with Crippen LogP contribution in [-0.4, -0.2) is 18.9 Å². The maximum Gasteiger partial charge on any atom is 0.109 e. The molecule has 2 unspecified atom stereocenters. The molecule has 1 aliphatic rings. The zero-order valence-corrected chi connectivity index (χ0v) is 7.98. The largest absolute Gasteiger partial charge is 0.359 e. The fourth-order valence-electron chi connectivity index (χ4n) is 1.35. The summed E-state index contributed by atoms with van der Waals surface area (Å²) < 4.78 is 5.63. The minimum atomic E-state index is 0.282. The second-order valence-corrected chi connectivity index (χ2v) is 4.61. The minimum Gasteiger partial charge on any atom is -0.359 e. The second kappa shape index (κ2) is 3.11. The molecule has 0 saturated carbocycles. The highest BCUT2D eigenvalue weighted by Gasteiger charge is 2.25. The van der Waals surface area contributed by atoms with Crippen molar-refractivity contribution in [2.45, 2.75) is 46.4 Å². The molecular formula is C9H19NO. The quantitative estimate of drug-likeness (QED) is 0.626. The fourth-order valence-corrected chi connectivity index (χ4v) is 1.35. The smallest absolute Gasteiger partial charge is 0.109 e. The lowest BCUT2D eigenvalue weighted by Gasteiger charge is -2.22. The minimum absolute atomic E-state index is 0.282. The first-order valence-corrected chi connectivity index (χ1v) is 4.36. The molecular weight excluding hydrogens is 138 g/mol. The highest BCUT2D eigenvalue weighted by Crippen LogP contribution is 2.23. The van der Waals surface area contributed by atoms with Gasteiger partial charge in [0.25, 0.3) is 0 Å². The first-order valence-electron chi connectivity index (χ1n) is 4.36. The van der Waals surface area contributed by atoms with Gasteiger partial charge in [-0.05, 0) is 18.8 Å². The zero-order valence-electron chi connectivity index (χ0n) is 7.98. The van der Waals surface area contributed by atoms with Gasteiger partial charge >= 0.3 is 0 Å². The summed E-state index contributed by atoms with van der Waals surface area (Å²) in [6.45, 7) is 9.82. The standard InChI is InChI=1S/C9H19NO/c1-7-6-10-8(11-7)5-9(2,3)4/h7-8,10H,5-6H2,1-4H3. The van der Waals surface area contributed by atoms with E-state index in [0.29, 0.717) is 11.5 Å². The van der Waals surface area contributed by atoms with Crippen molar-refractivity contribution in [2.24, 2.45) is 5.41 Å². The van der Waals surface area contributed by atoms with E-state index in [1.54, 1.807) is 0 Å². The van der Waals surface area contributed by atoms with Gasteiger partial charge in [0.2, 0.25) is 0 Å². The Morgan fingerprint density at radius 1 is 1.45 bits per heavy atom. The third kappa shape index (κ3) is 3.21. The molecule has 1 fully saturated rings. The average Bonchev–Trinajstić information content (AvgIpc) is 2.10. The molecule has 1 rings (SSSR count). The van der Waals surface area contributed by atoms with Crippen LogP contribution in [0.4, 0.5) is 0 Å². The first-order chi connectivity index (χ1) is 4.97. The SMILES string of the molecule is CC1CNC(CC(C)(C)C)O1. The van der Waals surface area contributed by atoms with E-state index in [4.69, 9.17) is 4.74 Å². The molecule has 1 heterocycles. The van der Waals surface area contributed by atoms with Crippen molar-refractivity contribution in [3.8, 4) is 0 Å². The summed E-state index contributed by atoms with van der Waals surface area (Å²) in [6, 6.07) is 0. The lowest BCUT2D eigenvalue weighted by atomic mass is 9.91. The number of nitrogens with one attached hydrogen (secondary N) is 1. The van der Waals surface area contributed by atoms with E-state index < -0.39 is 0 Å². The van der Waals surface area contributed by atoms with Gasteiger partial charge < -0.3 is 4.74 Å². The molecule has 11 heavy (non-hydrogen) atoms. The molecule has 0 amide bonds. The normalized spacial score (nSPS) is 32.7. The summed E-state index contributed by atoms with van der Waals surface area (Å²) in [6.07, 6.45) is 1.77. The Bertz CT molecular complexity index is 128. The number of rotatable bonds is 1. The third-order valence-electron chi connectivity index (χ3n) is 1.83. The van der Waals surface area contributed by atoms with E-state index >= 15 is 0 Å². The number of ether oxygens (including phenoxy) is 1. The van der Waals surface area contributed by atoms with Crippen LogP contribution in [0.2, 0.25) is 0 Å². The Kier molecular flexibility index (Phi) is 2.55. The lowest BCUT2D eigenvalue weighted by molar-refractivity contribution is 0.0261. The topological polar surface area (TPSA) is 21.3 Å². The Morgan fingerprint density at radius 3 is 2.45 bits per heavy atom. The van der Waals surface area contributed by atoms with E-state index in [9.17, 15) is 0 Å². The van der Waals surface area contributed by atoms with Crippen molar-refractivity contribution in [1.29, 1.82) is 0 Å². The molecule has 0 aliphatic carbocycles. The summed E-state index contributed by atoms with van der Waals surface area (Å²) in [4.78, 5) is 0. The number of hydrogen-bond donors (Lipinski definition) is 1. The van der Waals surface area contributed by atoms with Gasteiger partial charge in [-0.1, -0.05) is 20.8 Å². The van der Waals surface area contributed by atoms with Crippen LogP contribution in [-0.2, 0) is 4.74 Å². The summed E-state index contributed by atoms with van der Waals surface area (Å²) in [5.41, 5.74) is 0.363. The van der Waals surface area contributed by atoms with Gasteiger partial charge in [-0.25, -0.2) is 0 Å². The monoisotopic (exact) mass is 157 g/mol. The molecule has 0 aromatic rings. The average molecular weight is 157 g/mol. The van der Waals surface area contributed by atoms with Crippen LogP contribution in [0.5, 0.6) is 0 Å². The van der Waals surface area contributed by atoms with Crippen molar-refractivity contribution < 1.29 is 4.74 Å². The Hall–Kier alpha value is -0.0800. The predicted molar refractivity (Wildman–Crippen MR) is 46.4 cm³/mol. The molecule has 0 aromatic heterocycles. The molecule has 2 atom stereocenters. The molecule has 1 saturated heterocycles. The van der Waals surface area contributed by atoms with E-state index in [0.717, 1.165) is 13.0 Å². The van der Waals surface area contributed by atoms with Crippen molar-refractivity contribution in [2.75, 3.05) is 6.54 Å². The van der Waals surface area contributed by atoms with Crippen LogP contribution in [0.15, 0.2) is 0 Å². The van der Waals surface area contributed by atoms with Crippen LogP contribution >= 0.6 is 0 Å². The molecule has 2 heteroatoms. The van der Waals surface area contributed by atoms with Crippen molar-refractivity contribution in [3.05, 3.63) is 0 Å². The van der Waals surface area contributed by atoms with Crippen molar-refractivity contribution in [3.63, 3.8) is 0 Å². The maximum atomic E-state index is 5.63. The van der Waals surface area contributed by atoms with Crippen LogP contribution in [0.25, 0.3) is 0 Å². The van der Waals surface area contributed by atoms with Crippen molar-refractivity contribution in [1.82, 2.24) is 5.32 Å². The second-order valence-electron chi connectivity index (χ2n) is 4.61. The van der Waals surface area contributed by atoms with E-state index in [-0.39, 0.29) is 6.23 Å². The van der Waals surface area contributed by atoms with E-state index in [1.807, 2.05) is 0 Å². The molecule has 1 aliphatic heterocycles. The van der Waals surface area contributed by atoms with Gasteiger partial charge in [0, 0.05) is 6.54 Å². The van der Waals surface area contributed by atoms with Crippen LogP contribution < -0.4 is 5.32 Å². The van der Waals surface area contributed by atoms with E-state index in [2.05, 4.69) is 33.0 Å². The lowest BCUT2D eigenvalue weighted by Crippen LogP contribution is -2.27. The maximum absolute atomic E-state index is 5.63. The predicted octanol–water partition coefficient (Wildman–Crippen LogP) is 1.76.